The molecule has 1 amide bonds. The lowest BCUT2D eigenvalue weighted by atomic mass is 9.83. The van der Waals surface area contributed by atoms with Gasteiger partial charge in [0.2, 0.25) is 5.91 Å². The van der Waals surface area contributed by atoms with E-state index in [1.54, 1.807) is 7.11 Å². The van der Waals surface area contributed by atoms with E-state index in [2.05, 4.69) is 5.32 Å². The standard InChI is InChI=1S/C19H35NO4/c1-15(2)18(21)10-11-20-19(22)5-4-12-24-14-17-8-6-16(7-9-17)13-23-3/h15-17H,4-14H2,1-3H3,(H,20,22). The topological polar surface area (TPSA) is 64.6 Å². The Kier molecular flexibility index (Phi) is 10.9. The maximum Gasteiger partial charge on any atom is 0.220 e. The van der Waals surface area contributed by atoms with Gasteiger partial charge in [-0.2, -0.15) is 0 Å². The summed E-state index contributed by atoms with van der Waals surface area (Å²) in [7, 11) is 1.77. The number of rotatable bonds is 12. The third kappa shape index (κ3) is 9.38. The molecule has 0 spiro atoms. The van der Waals surface area contributed by atoms with E-state index < -0.39 is 0 Å². The van der Waals surface area contributed by atoms with Crippen molar-refractivity contribution in [2.75, 3.05) is 33.5 Å². The fourth-order valence-corrected chi connectivity index (χ4v) is 3.09. The van der Waals surface area contributed by atoms with Gasteiger partial charge >= 0.3 is 0 Å². The molecule has 5 heteroatoms. The van der Waals surface area contributed by atoms with Gasteiger partial charge in [0.15, 0.2) is 0 Å². The van der Waals surface area contributed by atoms with Gasteiger partial charge in [-0.15, -0.1) is 0 Å². The van der Waals surface area contributed by atoms with Gasteiger partial charge in [-0.05, 0) is 43.9 Å². The molecule has 24 heavy (non-hydrogen) atoms. The molecule has 1 saturated carbocycles. The van der Waals surface area contributed by atoms with E-state index in [4.69, 9.17) is 9.47 Å². The Labute approximate surface area is 146 Å². The molecule has 0 unspecified atom stereocenters. The van der Waals surface area contributed by atoms with Gasteiger partial charge in [0, 0.05) is 52.2 Å². The number of hydrogen-bond acceptors (Lipinski definition) is 4. The smallest absolute Gasteiger partial charge is 0.220 e. The predicted molar refractivity (Wildman–Crippen MR) is 94.8 cm³/mol. The summed E-state index contributed by atoms with van der Waals surface area (Å²) in [6.45, 7) is 6.53. The average Bonchev–Trinajstić information content (AvgIpc) is 2.56. The molecule has 0 aromatic carbocycles. The number of amides is 1. The van der Waals surface area contributed by atoms with Gasteiger partial charge in [0.05, 0.1) is 0 Å². The molecule has 0 aromatic rings. The van der Waals surface area contributed by atoms with Gasteiger partial charge in [0.1, 0.15) is 5.78 Å². The lowest BCUT2D eigenvalue weighted by Crippen LogP contribution is -2.27. The van der Waals surface area contributed by atoms with E-state index in [0.717, 1.165) is 25.6 Å². The fraction of sp³-hybridized carbons (Fsp3) is 0.895. The van der Waals surface area contributed by atoms with Crippen molar-refractivity contribution in [3.8, 4) is 0 Å². The van der Waals surface area contributed by atoms with Crippen LogP contribution in [0.25, 0.3) is 0 Å². The highest BCUT2D eigenvalue weighted by molar-refractivity contribution is 5.81. The lowest BCUT2D eigenvalue weighted by Gasteiger charge is -2.27. The molecule has 140 valence electrons. The first-order chi connectivity index (χ1) is 11.5. The van der Waals surface area contributed by atoms with E-state index >= 15 is 0 Å². The lowest BCUT2D eigenvalue weighted by molar-refractivity contribution is -0.123. The molecule has 1 aliphatic rings. The van der Waals surface area contributed by atoms with E-state index in [-0.39, 0.29) is 17.6 Å². The van der Waals surface area contributed by atoms with Crippen LogP contribution in [0.1, 0.15) is 58.8 Å². The zero-order valence-corrected chi connectivity index (χ0v) is 15.6. The number of hydrogen-bond donors (Lipinski definition) is 1. The van der Waals surface area contributed by atoms with Crippen molar-refractivity contribution >= 4 is 11.7 Å². The number of carbonyl (C=O) groups excluding carboxylic acids is 2. The average molecular weight is 341 g/mol. The quantitative estimate of drug-likeness (QED) is 0.554. The molecule has 0 aromatic heterocycles. The molecule has 0 heterocycles. The highest BCUT2D eigenvalue weighted by Crippen LogP contribution is 2.28. The summed E-state index contributed by atoms with van der Waals surface area (Å²) in [5, 5.41) is 2.80. The van der Waals surface area contributed by atoms with Crippen molar-refractivity contribution in [3.05, 3.63) is 0 Å². The van der Waals surface area contributed by atoms with Gasteiger partial charge in [0.25, 0.3) is 0 Å². The molecule has 0 radical (unpaired) electrons. The normalized spacial score (nSPS) is 21.0. The second-order valence-electron chi connectivity index (χ2n) is 7.24. The summed E-state index contributed by atoms with van der Waals surface area (Å²) in [4.78, 5) is 23.1. The Morgan fingerprint density at radius 3 is 2.25 bits per heavy atom. The summed E-state index contributed by atoms with van der Waals surface area (Å²) in [5.41, 5.74) is 0. The van der Waals surface area contributed by atoms with Crippen LogP contribution >= 0.6 is 0 Å². The second kappa shape index (κ2) is 12.4. The van der Waals surface area contributed by atoms with Gasteiger partial charge in [-0.3, -0.25) is 9.59 Å². The van der Waals surface area contributed by atoms with Gasteiger partial charge in [-0.1, -0.05) is 13.8 Å². The minimum Gasteiger partial charge on any atom is -0.384 e. The number of carbonyl (C=O) groups is 2. The van der Waals surface area contributed by atoms with Crippen LogP contribution in [0.5, 0.6) is 0 Å². The highest BCUT2D eigenvalue weighted by Gasteiger charge is 2.21. The molecular weight excluding hydrogens is 306 g/mol. The second-order valence-corrected chi connectivity index (χ2v) is 7.24. The summed E-state index contributed by atoms with van der Waals surface area (Å²) < 4.78 is 10.9. The van der Waals surface area contributed by atoms with E-state index in [1.807, 2.05) is 13.8 Å². The van der Waals surface area contributed by atoms with Crippen LogP contribution in [0, 0.1) is 17.8 Å². The molecule has 0 bridgehead atoms. The van der Waals surface area contributed by atoms with Crippen molar-refractivity contribution in [2.45, 2.75) is 58.8 Å². The fourth-order valence-electron chi connectivity index (χ4n) is 3.09. The Hall–Kier alpha value is -0.940. The molecule has 1 rings (SSSR count). The zero-order chi connectivity index (χ0) is 17.8. The van der Waals surface area contributed by atoms with Crippen molar-refractivity contribution in [1.29, 1.82) is 0 Å². The number of nitrogens with one attached hydrogen (secondary N) is 1. The molecule has 0 atom stereocenters. The van der Waals surface area contributed by atoms with Crippen LogP contribution < -0.4 is 5.32 Å². The maximum absolute atomic E-state index is 11.7. The number of ketones is 1. The first kappa shape index (κ1) is 21.1. The minimum absolute atomic E-state index is 0.00947. The van der Waals surface area contributed by atoms with Crippen molar-refractivity contribution in [3.63, 3.8) is 0 Å². The van der Waals surface area contributed by atoms with E-state index in [9.17, 15) is 9.59 Å². The van der Waals surface area contributed by atoms with Crippen molar-refractivity contribution < 1.29 is 19.1 Å². The minimum atomic E-state index is 0.00947. The summed E-state index contributed by atoms with van der Waals surface area (Å²) >= 11 is 0. The first-order valence-corrected chi connectivity index (χ1v) is 9.39. The summed E-state index contributed by atoms with van der Waals surface area (Å²) in [6, 6.07) is 0. The molecule has 1 N–H and O–H groups in total. The Morgan fingerprint density at radius 2 is 1.67 bits per heavy atom. The molecule has 0 saturated heterocycles. The molecule has 0 aliphatic heterocycles. The highest BCUT2D eigenvalue weighted by atomic mass is 16.5. The third-order valence-electron chi connectivity index (χ3n) is 4.75. The molecular formula is C19H35NO4. The van der Waals surface area contributed by atoms with Crippen LogP contribution in [0.3, 0.4) is 0 Å². The molecule has 1 fully saturated rings. The Morgan fingerprint density at radius 1 is 1.04 bits per heavy atom. The summed E-state index contributed by atoms with van der Waals surface area (Å²) in [6.07, 6.45) is 6.54. The number of Topliss-reactive ketones (excluding diaryl/α,β-unsaturated/α-hetero) is 1. The van der Waals surface area contributed by atoms with Crippen LogP contribution in [-0.2, 0) is 19.1 Å². The Balaban J connectivity index is 1.95. The predicted octanol–water partition coefficient (Wildman–Crippen LogP) is 2.97. The van der Waals surface area contributed by atoms with E-state index in [0.29, 0.717) is 31.9 Å². The van der Waals surface area contributed by atoms with E-state index in [1.165, 1.54) is 25.7 Å². The maximum atomic E-state index is 11.7. The third-order valence-corrected chi connectivity index (χ3v) is 4.75. The van der Waals surface area contributed by atoms with Crippen LogP contribution in [-0.4, -0.2) is 45.2 Å². The SMILES string of the molecule is COCC1CCC(COCCCC(=O)NCCC(=O)C(C)C)CC1. The number of methoxy groups -OCH3 is 1. The Bertz CT molecular complexity index is 362. The van der Waals surface area contributed by atoms with Crippen molar-refractivity contribution in [1.82, 2.24) is 5.32 Å². The summed E-state index contributed by atoms with van der Waals surface area (Å²) in [5.74, 6) is 1.63. The monoisotopic (exact) mass is 341 g/mol. The first-order valence-electron chi connectivity index (χ1n) is 9.39. The largest absolute Gasteiger partial charge is 0.384 e. The zero-order valence-electron chi connectivity index (χ0n) is 15.6. The van der Waals surface area contributed by atoms with Crippen LogP contribution in [0.4, 0.5) is 0 Å². The van der Waals surface area contributed by atoms with Crippen molar-refractivity contribution in [2.24, 2.45) is 17.8 Å². The van der Waals surface area contributed by atoms with Crippen LogP contribution in [0.2, 0.25) is 0 Å². The van der Waals surface area contributed by atoms with Gasteiger partial charge < -0.3 is 14.8 Å². The molecule has 5 nitrogen and oxygen atoms in total. The van der Waals surface area contributed by atoms with Crippen LogP contribution in [0.15, 0.2) is 0 Å². The molecule has 1 aliphatic carbocycles. The van der Waals surface area contributed by atoms with Gasteiger partial charge in [-0.25, -0.2) is 0 Å². The number of ether oxygens (including phenoxy) is 2.